The molecule has 0 radical (unpaired) electrons. The Bertz CT molecular complexity index is 1170. The van der Waals surface area contributed by atoms with Gasteiger partial charge >= 0.3 is 12.0 Å². The number of aryl methyl sites for hydroxylation is 1. The molecule has 2 aliphatic rings. The predicted octanol–water partition coefficient (Wildman–Crippen LogP) is 4.93. The smallest absolute Gasteiger partial charge is 0.473 e. The van der Waals surface area contributed by atoms with Gasteiger partial charge in [0.2, 0.25) is 0 Å². The molecule has 0 saturated heterocycles. The highest BCUT2D eigenvalue weighted by molar-refractivity contribution is 5.86. The number of nitrogens with zero attached hydrogens (tertiary/aromatic N) is 1. The van der Waals surface area contributed by atoms with Crippen LogP contribution in [0.5, 0.6) is 11.5 Å². The molecule has 30 heavy (non-hydrogen) atoms. The fraction of sp³-hybridized carbons (Fsp3) is 0.318. The second-order valence-electron chi connectivity index (χ2n) is 7.49. The van der Waals surface area contributed by atoms with Crippen molar-refractivity contribution in [2.75, 3.05) is 11.6 Å². The molecule has 0 atom stereocenters. The lowest BCUT2D eigenvalue weighted by atomic mass is 9.90. The van der Waals surface area contributed by atoms with Gasteiger partial charge in [-0.25, -0.2) is 4.79 Å². The minimum absolute atomic E-state index is 0.229. The summed E-state index contributed by atoms with van der Waals surface area (Å²) in [5, 5.41) is 0.933. The van der Waals surface area contributed by atoms with Gasteiger partial charge in [-0.2, -0.15) is 0 Å². The summed E-state index contributed by atoms with van der Waals surface area (Å²) in [6, 6.07) is 9.44. The Hall–Kier alpha value is -3.16. The van der Waals surface area contributed by atoms with Crippen molar-refractivity contribution in [3.63, 3.8) is 0 Å². The van der Waals surface area contributed by atoms with E-state index in [1.807, 2.05) is 17.0 Å². The number of benzene rings is 2. The third-order valence-electron chi connectivity index (χ3n) is 5.61. The van der Waals surface area contributed by atoms with Gasteiger partial charge in [0.05, 0.1) is 12.1 Å². The van der Waals surface area contributed by atoms with Gasteiger partial charge in [0.25, 0.3) is 0 Å². The Morgan fingerprint density at radius 3 is 2.40 bits per heavy atom. The summed E-state index contributed by atoms with van der Waals surface area (Å²) in [6.45, 7) is 0.640. The molecule has 2 aromatic carbocycles. The molecule has 5 nitrogen and oxygen atoms in total. The molecule has 0 spiro atoms. The van der Waals surface area contributed by atoms with Crippen molar-refractivity contribution in [3.05, 3.63) is 63.5 Å². The van der Waals surface area contributed by atoms with Gasteiger partial charge in [0.15, 0.2) is 6.73 Å². The van der Waals surface area contributed by atoms with Crippen LogP contribution in [-0.2, 0) is 19.4 Å². The molecule has 5 rings (SSSR count). The Morgan fingerprint density at radius 1 is 0.933 bits per heavy atom. The highest BCUT2D eigenvalue weighted by Crippen LogP contribution is 2.37. The lowest BCUT2D eigenvalue weighted by molar-refractivity contribution is -0.274. The Balaban J connectivity index is 1.50. The zero-order chi connectivity index (χ0) is 20.9. The van der Waals surface area contributed by atoms with E-state index in [0.29, 0.717) is 23.6 Å². The van der Waals surface area contributed by atoms with Crippen molar-refractivity contribution >= 4 is 16.7 Å². The summed E-state index contributed by atoms with van der Waals surface area (Å²) in [5.74, 6) is 0.363. The number of halogens is 3. The molecule has 1 aromatic heterocycles. The lowest BCUT2D eigenvalue weighted by Crippen LogP contribution is -2.32. The lowest BCUT2D eigenvalue weighted by Gasteiger charge is -2.31. The average Bonchev–Trinajstić information content (AvgIpc) is 2.73. The maximum atomic E-state index is 12.5. The van der Waals surface area contributed by atoms with Crippen LogP contribution in [0.3, 0.4) is 0 Å². The van der Waals surface area contributed by atoms with Gasteiger partial charge < -0.3 is 18.8 Å². The molecular formula is C22H18F3NO4. The van der Waals surface area contributed by atoms with E-state index in [4.69, 9.17) is 9.15 Å². The molecule has 3 aromatic rings. The number of rotatable bonds is 2. The predicted molar refractivity (Wildman–Crippen MR) is 104 cm³/mol. The number of fused-ring (bicyclic) bond motifs is 5. The van der Waals surface area contributed by atoms with Crippen LogP contribution in [0.4, 0.5) is 18.9 Å². The molecule has 2 heterocycles. The molecule has 1 aliphatic heterocycles. The van der Waals surface area contributed by atoms with Crippen LogP contribution in [0.2, 0.25) is 0 Å². The Kier molecular flexibility index (Phi) is 4.38. The summed E-state index contributed by atoms with van der Waals surface area (Å²) < 4.78 is 52.6. The fourth-order valence-electron chi connectivity index (χ4n) is 4.24. The van der Waals surface area contributed by atoms with Gasteiger partial charge in [-0.1, -0.05) is 0 Å². The fourth-order valence-corrected chi connectivity index (χ4v) is 4.24. The molecule has 0 unspecified atom stereocenters. The number of hydrogen-bond acceptors (Lipinski definition) is 5. The number of hydrogen-bond donors (Lipinski definition) is 0. The molecule has 156 valence electrons. The van der Waals surface area contributed by atoms with E-state index >= 15 is 0 Å². The van der Waals surface area contributed by atoms with Crippen LogP contribution in [-0.4, -0.2) is 13.1 Å². The van der Waals surface area contributed by atoms with Crippen LogP contribution < -0.4 is 20.0 Å². The van der Waals surface area contributed by atoms with Crippen molar-refractivity contribution in [1.29, 1.82) is 0 Å². The first kappa shape index (κ1) is 18.8. The zero-order valence-corrected chi connectivity index (χ0v) is 15.9. The van der Waals surface area contributed by atoms with E-state index in [0.717, 1.165) is 47.8 Å². The minimum Gasteiger partial charge on any atom is -0.473 e. The van der Waals surface area contributed by atoms with Crippen LogP contribution >= 0.6 is 0 Å². The second kappa shape index (κ2) is 6.97. The summed E-state index contributed by atoms with van der Waals surface area (Å²) in [5.41, 5.74) is 3.49. The van der Waals surface area contributed by atoms with Crippen LogP contribution in [0, 0.1) is 0 Å². The summed E-state index contributed by atoms with van der Waals surface area (Å²) in [4.78, 5) is 14.4. The average molecular weight is 417 g/mol. The third kappa shape index (κ3) is 3.36. The maximum Gasteiger partial charge on any atom is 0.573 e. The Labute approximate surface area is 169 Å². The molecule has 1 aliphatic carbocycles. The first-order chi connectivity index (χ1) is 14.4. The van der Waals surface area contributed by atoms with Crippen LogP contribution in [0.25, 0.3) is 11.0 Å². The molecule has 0 bridgehead atoms. The van der Waals surface area contributed by atoms with Crippen molar-refractivity contribution in [2.45, 2.75) is 38.6 Å². The first-order valence-corrected chi connectivity index (χ1v) is 9.73. The van der Waals surface area contributed by atoms with E-state index < -0.39 is 6.36 Å². The molecule has 0 amide bonds. The van der Waals surface area contributed by atoms with Crippen molar-refractivity contribution in [1.82, 2.24) is 0 Å². The first-order valence-electron chi connectivity index (χ1n) is 9.73. The van der Waals surface area contributed by atoms with E-state index in [2.05, 4.69) is 4.74 Å². The standard InChI is InChI=1S/C22H18F3NO4/c23-22(24,25)30-14-7-5-13(6-8-14)26-11-18-19(28-12-26)10-9-16-15-3-1-2-4-17(15)21(27)29-20(16)18/h5-10H,1-4,11-12H2. The molecule has 0 fully saturated rings. The van der Waals surface area contributed by atoms with E-state index in [9.17, 15) is 18.0 Å². The molecule has 0 saturated carbocycles. The molecule has 8 heteroatoms. The van der Waals surface area contributed by atoms with Crippen molar-refractivity contribution in [2.24, 2.45) is 0 Å². The van der Waals surface area contributed by atoms with Gasteiger partial charge in [0.1, 0.15) is 17.1 Å². The van der Waals surface area contributed by atoms with Crippen LogP contribution in [0.15, 0.2) is 45.6 Å². The van der Waals surface area contributed by atoms with E-state index in [1.165, 1.54) is 12.1 Å². The van der Waals surface area contributed by atoms with Crippen molar-refractivity contribution in [3.8, 4) is 11.5 Å². The quantitative estimate of drug-likeness (QED) is 0.554. The molecule has 0 N–H and O–H groups in total. The SMILES string of the molecule is O=c1oc2c3c(ccc2c2c1CCCC2)OCN(c1ccc(OC(F)(F)F)cc1)C3. The number of anilines is 1. The monoisotopic (exact) mass is 417 g/mol. The van der Waals surface area contributed by atoms with Gasteiger partial charge in [-0.15, -0.1) is 13.2 Å². The summed E-state index contributed by atoms with van der Waals surface area (Å²) in [7, 11) is 0. The number of ether oxygens (including phenoxy) is 2. The highest BCUT2D eigenvalue weighted by Gasteiger charge is 2.31. The van der Waals surface area contributed by atoms with Gasteiger partial charge in [-0.05, 0) is 67.6 Å². The number of alkyl halides is 3. The minimum atomic E-state index is -4.73. The largest absolute Gasteiger partial charge is 0.573 e. The van der Waals surface area contributed by atoms with Gasteiger partial charge in [-0.3, -0.25) is 0 Å². The summed E-state index contributed by atoms with van der Waals surface area (Å²) >= 11 is 0. The highest BCUT2D eigenvalue weighted by atomic mass is 19.4. The topological polar surface area (TPSA) is 51.9 Å². The van der Waals surface area contributed by atoms with E-state index in [1.54, 1.807) is 12.1 Å². The molecular weight excluding hydrogens is 399 g/mol. The van der Waals surface area contributed by atoms with E-state index in [-0.39, 0.29) is 18.1 Å². The second-order valence-corrected chi connectivity index (χ2v) is 7.49. The Morgan fingerprint density at radius 2 is 1.67 bits per heavy atom. The maximum absolute atomic E-state index is 12.5. The van der Waals surface area contributed by atoms with Crippen LogP contribution in [0.1, 0.15) is 29.5 Å². The zero-order valence-electron chi connectivity index (χ0n) is 15.9. The van der Waals surface area contributed by atoms with Crippen molar-refractivity contribution < 1.29 is 27.1 Å². The summed E-state index contributed by atoms with van der Waals surface area (Å²) in [6.07, 6.45) is -1.12. The van der Waals surface area contributed by atoms with Gasteiger partial charge in [0, 0.05) is 16.6 Å². The third-order valence-corrected chi connectivity index (χ3v) is 5.61. The normalized spacial score (nSPS) is 16.0.